The first kappa shape index (κ1) is 41.4. The summed E-state index contributed by atoms with van der Waals surface area (Å²) in [5, 5.41) is 12.3. The van der Waals surface area contributed by atoms with E-state index in [-0.39, 0.29) is 49.2 Å². The fourth-order valence-corrected chi connectivity index (χ4v) is 7.54. The third-order valence-corrected chi connectivity index (χ3v) is 10.8. The molecule has 0 bridgehead atoms. The van der Waals surface area contributed by atoms with E-state index in [1.54, 1.807) is 13.0 Å². The third kappa shape index (κ3) is 9.04. The van der Waals surface area contributed by atoms with Gasteiger partial charge in [-0.3, -0.25) is 9.59 Å². The minimum absolute atomic E-state index is 0. The molecule has 10 heteroatoms. The molecule has 2 aliphatic carbocycles. The van der Waals surface area contributed by atoms with Gasteiger partial charge in [0.15, 0.2) is 0 Å². The van der Waals surface area contributed by atoms with Gasteiger partial charge in [-0.1, -0.05) is 75.5 Å². The maximum atomic E-state index is 13.5. The van der Waals surface area contributed by atoms with Gasteiger partial charge in [-0.05, 0) is 107 Å². The van der Waals surface area contributed by atoms with Crippen molar-refractivity contribution in [3.63, 3.8) is 0 Å². The average molecular weight is 733 g/mol. The second-order valence-electron chi connectivity index (χ2n) is 14.3. The van der Waals surface area contributed by atoms with Gasteiger partial charge in [0.1, 0.15) is 23.3 Å². The molecule has 1 amide bonds. The van der Waals surface area contributed by atoms with Crippen molar-refractivity contribution in [2.24, 2.45) is 11.8 Å². The second kappa shape index (κ2) is 17.2. The number of carbonyl (C=O) groups is 2. The predicted molar refractivity (Wildman–Crippen MR) is 211 cm³/mol. The molecule has 9 nitrogen and oxygen atoms in total. The number of aromatic nitrogens is 5. The summed E-state index contributed by atoms with van der Waals surface area (Å²) in [6.07, 6.45) is 9.66. The molecule has 3 heterocycles. The largest absolute Gasteiger partial charge is 0.481 e. The van der Waals surface area contributed by atoms with E-state index in [0.717, 1.165) is 84.4 Å². The topological polar surface area (TPSA) is 131 Å². The Bertz CT molecular complexity index is 2080. The molecule has 0 spiro atoms. The summed E-state index contributed by atoms with van der Waals surface area (Å²) in [5.74, 6) is 0.341. The number of aryl methyl sites for hydroxylation is 7. The summed E-state index contributed by atoms with van der Waals surface area (Å²) in [6, 6.07) is 21.8. The number of anilines is 1. The first-order valence-corrected chi connectivity index (χ1v) is 17.8. The number of nitrogens with one attached hydrogen (secondary N) is 1. The number of benzene rings is 2. The molecule has 2 N–H and O–H groups in total. The monoisotopic (exact) mass is 732 g/mol. The Morgan fingerprint density at radius 2 is 1.19 bits per heavy atom. The number of pyridine rings is 1. The molecule has 2 aliphatic rings. The number of halogens is 1. The van der Waals surface area contributed by atoms with Gasteiger partial charge in [-0.25, -0.2) is 29.3 Å². The summed E-state index contributed by atoms with van der Waals surface area (Å²) in [7, 11) is 0. The fraction of sp³-hybridized carbons (Fsp3) is 0.386. The van der Waals surface area contributed by atoms with Gasteiger partial charge in [-0.2, -0.15) is 0 Å². The number of carboxylic acid groups (broad SMARTS) is 1. The van der Waals surface area contributed by atoms with Crippen LogP contribution in [0.1, 0.15) is 91.4 Å². The Hall–Kier alpha value is -5.38. The lowest BCUT2D eigenvalue weighted by molar-refractivity contribution is -0.139. The van der Waals surface area contributed by atoms with Gasteiger partial charge in [0, 0.05) is 40.5 Å². The van der Waals surface area contributed by atoms with E-state index in [1.165, 1.54) is 5.56 Å². The van der Waals surface area contributed by atoms with Crippen LogP contribution in [0.15, 0.2) is 85.3 Å². The molecule has 2 saturated carbocycles. The SMILES string of the molecule is C.C.Cc1ncc(CC[C@@]2(c3ccccc3)C[C@H]2C(=O)Nc2cc(C)c(F)cn2)c(C)n1.Cc1ncc(CC[C@@]2(c3ccccc3)C[C@H]2C(=O)O)c(C)n1. The Balaban J connectivity index is 0.000000242. The normalized spacial score (nSPS) is 20.6. The molecule has 0 unspecified atom stereocenters. The predicted octanol–water partition coefficient (Wildman–Crippen LogP) is 8.81. The highest BCUT2D eigenvalue weighted by Gasteiger charge is 2.59. The van der Waals surface area contributed by atoms with Gasteiger partial charge < -0.3 is 10.4 Å². The van der Waals surface area contributed by atoms with Crippen molar-refractivity contribution in [3.05, 3.63) is 142 Å². The average Bonchev–Trinajstić information content (AvgIpc) is 4.05. The first-order valence-electron chi connectivity index (χ1n) is 17.8. The number of nitrogens with zero attached hydrogens (tertiary/aromatic N) is 5. The van der Waals surface area contributed by atoms with Crippen LogP contribution in [0.3, 0.4) is 0 Å². The molecule has 4 atom stereocenters. The summed E-state index contributed by atoms with van der Waals surface area (Å²) in [4.78, 5) is 45.9. The molecular weight excluding hydrogens is 680 g/mol. The van der Waals surface area contributed by atoms with E-state index in [4.69, 9.17) is 0 Å². The van der Waals surface area contributed by atoms with Crippen molar-refractivity contribution in [1.82, 2.24) is 24.9 Å². The first-order chi connectivity index (χ1) is 24.9. The van der Waals surface area contributed by atoms with Crippen LogP contribution in [0, 0.1) is 52.3 Å². The van der Waals surface area contributed by atoms with Gasteiger partial charge in [0.2, 0.25) is 5.91 Å². The maximum absolute atomic E-state index is 13.5. The lowest BCUT2D eigenvalue weighted by Gasteiger charge is -2.19. The van der Waals surface area contributed by atoms with E-state index in [1.807, 2.05) is 88.6 Å². The molecule has 0 aliphatic heterocycles. The molecule has 0 saturated heterocycles. The van der Waals surface area contributed by atoms with Crippen LogP contribution in [-0.2, 0) is 33.3 Å². The minimum atomic E-state index is -0.694. The van der Waals surface area contributed by atoms with Gasteiger partial charge in [-0.15, -0.1) is 0 Å². The summed E-state index contributed by atoms with van der Waals surface area (Å²) < 4.78 is 13.5. The zero-order valence-corrected chi connectivity index (χ0v) is 30.4. The van der Waals surface area contributed by atoms with Crippen molar-refractivity contribution in [2.75, 3.05) is 5.32 Å². The van der Waals surface area contributed by atoms with E-state index < -0.39 is 5.97 Å². The molecule has 5 aromatic rings. The molecule has 54 heavy (non-hydrogen) atoms. The molecule has 7 rings (SSSR count). The van der Waals surface area contributed by atoms with Crippen LogP contribution in [0.2, 0.25) is 0 Å². The Morgan fingerprint density at radius 3 is 1.61 bits per heavy atom. The number of carboxylic acids is 1. The van der Waals surface area contributed by atoms with Crippen molar-refractivity contribution < 1.29 is 19.1 Å². The number of aliphatic carboxylic acids is 1. The van der Waals surface area contributed by atoms with Crippen molar-refractivity contribution in [1.29, 1.82) is 0 Å². The highest BCUT2D eigenvalue weighted by Crippen LogP contribution is 2.58. The number of amides is 1. The standard InChI is InChI=1S/C24H25FN4O.C18H20N2O2.2CH4/c1-15-11-22(27-14-21(15)25)29-23(30)20-12-24(20,19-7-5-4-6-8-19)10-9-18-13-26-17(3)28-16(18)2;1-12-14(11-19-13(2)20-12)8-9-18(10-16(18)17(21)22)15-6-4-3-5-7-15;;/h4-8,11,13-14,20H,9-10,12H2,1-3H3,(H,27,29,30);3-7,11,16H,8-10H2,1-2H3,(H,21,22);2*1H4/t20-,24-;16-,18-;;/m00../s1. The van der Waals surface area contributed by atoms with E-state index in [2.05, 4.69) is 42.4 Å². The minimum Gasteiger partial charge on any atom is -0.481 e. The van der Waals surface area contributed by atoms with Crippen LogP contribution >= 0.6 is 0 Å². The zero-order chi connectivity index (χ0) is 37.0. The number of carbonyl (C=O) groups excluding carboxylic acids is 1. The van der Waals surface area contributed by atoms with Crippen molar-refractivity contribution in [3.8, 4) is 0 Å². The van der Waals surface area contributed by atoms with Crippen LogP contribution in [0.25, 0.3) is 0 Å². The molecule has 3 aromatic heterocycles. The lowest BCUT2D eigenvalue weighted by atomic mass is 9.86. The van der Waals surface area contributed by atoms with Crippen molar-refractivity contribution >= 4 is 17.7 Å². The smallest absolute Gasteiger partial charge is 0.307 e. The highest BCUT2D eigenvalue weighted by atomic mass is 19.1. The Labute approximate surface area is 319 Å². The van der Waals surface area contributed by atoms with Crippen LogP contribution < -0.4 is 5.32 Å². The number of hydrogen-bond acceptors (Lipinski definition) is 7. The summed E-state index contributed by atoms with van der Waals surface area (Å²) in [5.41, 5.74) is 6.49. The van der Waals surface area contributed by atoms with Gasteiger partial charge in [0.25, 0.3) is 0 Å². The zero-order valence-electron chi connectivity index (χ0n) is 30.4. The third-order valence-electron chi connectivity index (χ3n) is 10.8. The van der Waals surface area contributed by atoms with Gasteiger partial charge >= 0.3 is 5.97 Å². The Kier molecular flexibility index (Phi) is 13.2. The molecular formula is C44H53FN6O3. The molecule has 2 fully saturated rings. The van der Waals surface area contributed by atoms with Crippen molar-refractivity contribution in [2.45, 2.75) is 98.8 Å². The van der Waals surface area contributed by atoms with E-state index in [0.29, 0.717) is 11.4 Å². The Morgan fingerprint density at radius 1 is 0.722 bits per heavy atom. The summed E-state index contributed by atoms with van der Waals surface area (Å²) in [6.45, 7) is 9.40. The molecule has 2 aromatic carbocycles. The lowest BCUT2D eigenvalue weighted by Crippen LogP contribution is -2.22. The number of hydrogen-bond donors (Lipinski definition) is 2. The maximum Gasteiger partial charge on any atom is 0.307 e. The van der Waals surface area contributed by atoms with Crippen LogP contribution in [-0.4, -0.2) is 41.9 Å². The molecule has 284 valence electrons. The fourth-order valence-electron chi connectivity index (χ4n) is 7.54. The quantitative estimate of drug-likeness (QED) is 0.138. The second-order valence-corrected chi connectivity index (χ2v) is 14.3. The van der Waals surface area contributed by atoms with Crippen LogP contribution in [0.4, 0.5) is 10.2 Å². The van der Waals surface area contributed by atoms with E-state index in [9.17, 15) is 19.1 Å². The molecule has 0 radical (unpaired) electrons. The van der Waals surface area contributed by atoms with Crippen LogP contribution in [0.5, 0.6) is 0 Å². The summed E-state index contributed by atoms with van der Waals surface area (Å²) >= 11 is 0. The van der Waals surface area contributed by atoms with Gasteiger partial charge in [0.05, 0.1) is 12.1 Å². The van der Waals surface area contributed by atoms with E-state index >= 15 is 0 Å². The number of rotatable bonds is 11. The highest BCUT2D eigenvalue weighted by molar-refractivity contribution is 5.95.